The van der Waals surface area contributed by atoms with E-state index in [1.165, 1.54) is 12.8 Å². The molecule has 4 nitrogen and oxygen atoms in total. The van der Waals surface area contributed by atoms with Crippen molar-refractivity contribution in [1.29, 1.82) is 0 Å². The molecule has 0 aromatic rings. The highest BCUT2D eigenvalue weighted by Gasteiger charge is 2.41. The number of carbonyl (C=O) groups is 1. The van der Waals surface area contributed by atoms with E-state index in [2.05, 4.69) is 10.2 Å². The first kappa shape index (κ1) is 13.4. The van der Waals surface area contributed by atoms with Crippen molar-refractivity contribution in [2.24, 2.45) is 17.6 Å². The summed E-state index contributed by atoms with van der Waals surface area (Å²) in [5.74, 6) is 1.70. The Morgan fingerprint density at radius 1 is 1.16 bits per heavy atom. The Bertz CT molecular complexity index is 332. The zero-order chi connectivity index (χ0) is 13.3. The summed E-state index contributed by atoms with van der Waals surface area (Å²) in [7, 11) is 0. The predicted octanol–water partition coefficient (Wildman–Crippen LogP) is 1.11. The van der Waals surface area contributed by atoms with Gasteiger partial charge < -0.3 is 16.0 Å². The van der Waals surface area contributed by atoms with Crippen LogP contribution in [0, 0.1) is 11.8 Å². The van der Waals surface area contributed by atoms with Crippen LogP contribution in [0.15, 0.2) is 0 Å². The molecule has 4 heteroatoms. The van der Waals surface area contributed by atoms with Gasteiger partial charge in [-0.05, 0) is 57.0 Å². The Labute approximate surface area is 116 Å². The van der Waals surface area contributed by atoms with E-state index >= 15 is 0 Å². The number of amides is 1. The van der Waals surface area contributed by atoms with Crippen LogP contribution >= 0.6 is 0 Å². The van der Waals surface area contributed by atoms with Crippen LogP contribution in [0.3, 0.4) is 0 Å². The van der Waals surface area contributed by atoms with Crippen molar-refractivity contribution in [1.82, 2.24) is 10.2 Å². The molecule has 3 fully saturated rings. The van der Waals surface area contributed by atoms with Gasteiger partial charge in [-0.3, -0.25) is 4.79 Å². The standard InChI is InChI=1S/C15H27N3O/c16-15(6-1-2-7-15)14(19)18-9-3-4-13(11-18)12-5-8-17-10-12/h12-13,17H,1-11,16H2. The maximum Gasteiger partial charge on any atom is 0.242 e. The molecule has 19 heavy (non-hydrogen) atoms. The molecule has 0 aromatic heterocycles. The molecule has 3 aliphatic rings. The van der Waals surface area contributed by atoms with Gasteiger partial charge in [-0.25, -0.2) is 0 Å². The van der Waals surface area contributed by atoms with Crippen LogP contribution in [-0.2, 0) is 4.79 Å². The highest BCUT2D eigenvalue weighted by atomic mass is 16.2. The maximum atomic E-state index is 12.7. The lowest BCUT2D eigenvalue weighted by Gasteiger charge is -2.39. The Morgan fingerprint density at radius 3 is 2.63 bits per heavy atom. The van der Waals surface area contributed by atoms with E-state index < -0.39 is 5.54 Å². The molecular formula is C15H27N3O. The normalized spacial score (nSPS) is 34.7. The molecule has 2 unspecified atom stereocenters. The van der Waals surface area contributed by atoms with Crippen molar-refractivity contribution in [3.8, 4) is 0 Å². The van der Waals surface area contributed by atoms with E-state index in [4.69, 9.17) is 5.73 Å². The molecule has 1 aliphatic carbocycles. The quantitative estimate of drug-likeness (QED) is 0.786. The third-order valence-corrected chi connectivity index (χ3v) is 5.43. The van der Waals surface area contributed by atoms with Gasteiger partial charge in [0.05, 0.1) is 5.54 Å². The van der Waals surface area contributed by atoms with Gasteiger partial charge in [-0.1, -0.05) is 12.8 Å². The van der Waals surface area contributed by atoms with Crippen molar-refractivity contribution in [2.45, 2.75) is 50.5 Å². The summed E-state index contributed by atoms with van der Waals surface area (Å²) in [6.45, 7) is 4.16. The number of hydrogen-bond acceptors (Lipinski definition) is 3. The van der Waals surface area contributed by atoms with E-state index in [-0.39, 0.29) is 5.91 Å². The predicted molar refractivity (Wildman–Crippen MR) is 75.7 cm³/mol. The van der Waals surface area contributed by atoms with Gasteiger partial charge in [-0.2, -0.15) is 0 Å². The Balaban J connectivity index is 1.62. The highest BCUT2D eigenvalue weighted by Crippen LogP contribution is 2.33. The lowest BCUT2D eigenvalue weighted by atomic mass is 9.84. The first-order valence-corrected chi connectivity index (χ1v) is 7.98. The van der Waals surface area contributed by atoms with Crippen LogP contribution in [0.4, 0.5) is 0 Å². The summed E-state index contributed by atoms with van der Waals surface area (Å²) >= 11 is 0. The second-order valence-electron chi connectivity index (χ2n) is 6.77. The molecular weight excluding hydrogens is 238 g/mol. The third-order valence-electron chi connectivity index (χ3n) is 5.43. The molecule has 2 heterocycles. The van der Waals surface area contributed by atoms with Crippen LogP contribution < -0.4 is 11.1 Å². The topological polar surface area (TPSA) is 58.4 Å². The van der Waals surface area contributed by atoms with E-state index in [9.17, 15) is 4.79 Å². The minimum Gasteiger partial charge on any atom is -0.341 e. The minimum atomic E-state index is -0.532. The van der Waals surface area contributed by atoms with Crippen molar-refractivity contribution in [3.05, 3.63) is 0 Å². The summed E-state index contributed by atoms with van der Waals surface area (Å²) < 4.78 is 0. The van der Waals surface area contributed by atoms with E-state index in [1.54, 1.807) is 0 Å². The molecule has 108 valence electrons. The SMILES string of the molecule is NC1(C(=O)N2CCCC(C3CCNC3)C2)CCCC1. The highest BCUT2D eigenvalue weighted by molar-refractivity contribution is 5.86. The van der Waals surface area contributed by atoms with Gasteiger partial charge in [0.1, 0.15) is 0 Å². The number of carbonyl (C=O) groups excluding carboxylic acids is 1. The van der Waals surface area contributed by atoms with Crippen LogP contribution in [0.5, 0.6) is 0 Å². The number of piperidine rings is 1. The van der Waals surface area contributed by atoms with Gasteiger partial charge in [0, 0.05) is 13.1 Å². The second-order valence-corrected chi connectivity index (χ2v) is 6.77. The van der Waals surface area contributed by atoms with Crippen LogP contribution in [0.2, 0.25) is 0 Å². The molecule has 1 amide bonds. The smallest absolute Gasteiger partial charge is 0.242 e. The molecule has 2 saturated heterocycles. The number of hydrogen-bond donors (Lipinski definition) is 2. The van der Waals surface area contributed by atoms with Crippen LogP contribution in [-0.4, -0.2) is 42.5 Å². The Morgan fingerprint density at radius 2 is 1.95 bits per heavy atom. The van der Waals surface area contributed by atoms with E-state index in [0.717, 1.165) is 64.2 Å². The summed E-state index contributed by atoms with van der Waals surface area (Å²) in [6, 6.07) is 0. The summed E-state index contributed by atoms with van der Waals surface area (Å²) in [5, 5.41) is 3.45. The van der Waals surface area contributed by atoms with E-state index in [1.807, 2.05) is 0 Å². The second kappa shape index (κ2) is 5.41. The lowest BCUT2D eigenvalue weighted by molar-refractivity contribution is -0.139. The zero-order valence-corrected chi connectivity index (χ0v) is 11.9. The third kappa shape index (κ3) is 2.65. The molecule has 2 atom stereocenters. The summed E-state index contributed by atoms with van der Waals surface area (Å²) in [6.07, 6.45) is 7.73. The monoisotopic (exact) mass is 265 g/mol. The largest absolute Gasteiger partial charge is 0.341 e. The summed E-state index contributed by atoms with van der Waals surface area (Å²) in [4.78, 5) is 14.7. The number of nitrogens with two attached hydrogens (primary N) is 1. The molecule has 1 saturated carbocycles. The lowest BCUT2D eigenvalue weighted by Crippen LogP contribution is -2.56. The molecule has 0 bridgehead atoms. The first-order chi connectivity index (χ1) is 9.19. The van der Waals surface area contributed by atoms with Crippen molar-refractivity contribution in [2.75, 3.05) is 26.2 Å². The first-order valence-electron chi connectivity index (χ1n) is 7.98. The van der Waals surface area contributed by atoms with Gasteiger partial charge in [-0.15, -0.1) is 0 Å². The molecule has 0 aromatic carbocycles. The number of nitrogens with zero attached hydrogens (tertiary/aromatic N) is 1. The van der Waals surface area contributed by atoms with Crippen LogP contribution in [0.1, 0.15) is 44.9 Å². The van der Waals surface area contributed by atoms with Gasteiger partial charge in [0.2, 0.25) is 5.91 Å². The van der Waals surface area contributed by atoms with Crippen molar-refractivity contribution in [3.63, 3.8) is 0 Å². The molecule has 0 radical (unpaired) electrons. The van der Waals surface area contributed by atoms with Gasteiger partial charge in [0.25, 0.3) is 0 Å². The fraction of sp³-hybridized carbons (Fsp3) is 0.933. The van der Waals surface area contributed by atoms with Crippen molar-refractivity contribution >= 4 is 5.91 Å². The van der Waals surface area contributed by atoms with Crippen LogP contribution in [0.25, 0.3) is 0 Å². The molecule has 3 N–H and O–H groups in total. The minimum absolute atomic E-state index is 0.237. The molecule has 0 spiro atoms. The van der Waals surface area contributed by atoms with E-state index in [0.29, 0.717) is 5.92 Å². The Hall–Kier alpha value is -0.610. The number of nitrogens with one attached hydrogen (secondary N) is 1. The molecule has 2 aliphatic heterocycles. The maximum absolute atomic E-state index is 12.7. The van der Waals surface area contributed by atoms with Crippen molar-refractivity contribution < 1.29 is 4.79 Å². The Kier molecular flexibility index (Phi) is 3.81. The molecule has 3 rings (SSSR count). The fourth-order valence-corrected chi connectivity index (χ4v) is 4.19. The fourth-order valence-electron chi connectivity index (χ4n) is 4.19. The average Bonchev–Trinajstić information content (AvgIpc) is 3.10. The number of rotatable bonds is 2. The zero-order valence-electron chi connectivity index (χ0n) is 11.9. The average molecular weight is 265 g/mol. The van der Waals surface area contributed by atoms with Gasteiger partial charge in [0.15, 0.2) is 0 Å². The summed E-state index contributed by atoms with van der Waals surface area (Å²) in [5.41, 5.74) is 5.80. The number of likely N-dealkylation sites (tertiary alicyclic amines) is 1. The van der Waals surface area contributed by atoms with Gasteiger partial charge >= 0.3 is 0 Å².